The van der Waals surface area contributed by atoms with E-state index in [0.29, 0.717) is 0 Å². The maximum atomic E-state index is 4.26. The third kappa shape index (κ3) is 20.0. The Bertz CT molecular complexity index is 9.61. The number of halogens is 2. The zero-order valence-corrected chi connectivity index (χ0v) is 9.27. The molecule has 0 aliphatic rings. The molecule has 5 heteroatoms. The monoisotopic (exact) mass is 316 g/mol. The van der Waals surface area contributed by atoms with E-state index in [1.807, 2.05) is 0 Å². The van der Waals surface area contributed by atoms with Crippen molar-refractivity contribution in [1.29, 1.82) is 0 Å². The molecule has 0 aromatic rings. The van der Waals surface area contributed by atoms with Crippen molar-refractivity contribution in [3.63, 3.8) is 0 Å². The summed E-state index contributed by atoms with van der Waals surface area (Å²) in [6.45, 7) is 0. The minimum atomic E-state index is 0. The first-order valence-electron chi connectivity index (χ1n) is 0.309. The van der Waals surface area contributed by atoms with E-state index < -0.39 is 0 Å². The Morgan fingerprint density at radius 3 is 1.20 bits per heavy atom. The van der Waals surface area contributed by atoms with Gasteiger partial charge in [0.05, 0.1) is 23.7 Å². The summed E-state index contributed by atoms with van der Waals surface area (Å²) in [6.07, 6.45) is 0. The minimum absolute atomic E-state index is 0. The summed E-state index contributed by atoms with van der Waals surface area (Å²) in [5, 5.41) is 0. The molecule has 0 radical (unpaired) electrons. The smallest absolute Gasteiger partial charge is 0.0832 e. The maximum absolute atomic E-state index is 4.26. The van der Waals surface area contributed by atoms with Crippen LogP contribution >= 0.6 is 23.7 Å². The predicted molar refractivity (Wildman–Crippen MR) is 12.8 cm³/mol. The van der Waals surface area contributed by atoms with Crippen LogP contribution in [0.15, 0.2) is 0 Å². The van der Waals surface area contributed by atoms with Gasteiger partial charge < -0.3 is 0 Å². The molecule has 0 atom stereocenters. The van der Waals surface area contributed by atoms with E-state index in [-0.39, 0.29) is 68.0 Å². The molecule has 0 saturated carbocycles. The predicted octanol–water partition coefficient (Wildman–Crippen LogP) is 1.31. The summed E-state index contributed by atoms with van der Waals surface area (Å²) in [6, 6.07) is 0. The quantitative estimate of drug-likeness (QED) is 0.654. The zero-order chi connectivity index (χ0) is 2.71. The Kier molecular flexibility index (Phi) is 49.6. The van der Waals surface area contributed by atoms with Gasteiger partial charge in [-0.1, -0.05) is 0 Å². The number of rotatable bonds is 0. The first kappa shape index (κ1) is 15.7. The largest absolute Gasteiger partial charge is 0.166 e. The van der Waals surface area contributed by atoms with Crippen LogP contribution in [0.3, 0.4) is 0 Å². The molecule has 0 rings (SSSR count). The molecule has 0 N–H and O–H groups in total. The maximum Gasteiger partial charge on any atom is 0.0832 e. The Balaban J connectivity index is -0.0000000200. The average molecular weight is 318 g/mol. The fourth-order valence-corrected chi connectivity index (χ4v) is 0. The second-order valence-electron chi connectivity index (χ2n) is 0.0583. The van der Waals surface area contributed by atoms with Crippen molar-refractivity contribution in [2.24, 2.45) is 0 Å². The van der Waals surface area contributed by atoms with Crippen LogP contribution in [0, 0.1) is 41.7 Å². The molecular weight excluding hydrogens is 318 g/mol. The second-order valence-corrected chi connectivity index (χ2v) is 0.525. The van der Waals surface area contributed by atoms with E-state index in [1.165, 1.54) is 0 Å². The Morgan fingerprint density at radius 2 is 1.20 bits per heavy atom. The molecule has 0 spiro atoms. The molecular formula is CeCl2OZr. The van der Waals surface area contributed by atoms with Gasteiger partial charge in [-0.3, -0.25) is 0 Å². The molecule has 0 bridgehead atoms. The summed E-state index contributed by atoms with van der Waals surface area (Å²) >= 11 is 8.53. The first-order valence-corrected chi connectivity index (χ1v) is 0.926. The summed E-state index contributed by atoms with van der Waals surface area (Å²) in [7, 11) is 0. The van der Waals surface area contributed by atoms with Gasteiger partial charge in [0, 0.05) is 68.0 Å². The van der Waals surface area contributed by atoms with Crippen LogP contribution in [0.4, 0.5) is 0 Å². The van der Waals surface area contributed by atoms with Crippen LogP contribution in [0.1, 0.15) is 0 Å². The van der Waals surface area contributed by atoms with Gasteiger partial charge in [0.25, 0.3) is 0 Å². The molecule has 0 aromatic heterocycles. The number of hydrogen-bond donors (Lipinski definition) is 0. The normalized spacial score (nSPS) is 3.60. The zero-order valence-electron chi connectivity index (χ0n) is 2.16. The van der Waals surface area contributed by atoms with Crippen LogP contribution in [0.25, 0.3) is 0 Å². The van der Waals surface area contributed by atoms with E-state index in [9.17, 15) is 0 Å². The van der Waals surface area contributed by atoms with Crippen LogP contribution in [-0.4, -0.2) is 0 Å². The fraction of sp³-hybridized carbons (Fsp3) is 0. The van der Waals surface area contributed by atoms with E-state index in [0.717, 1.165) is 0 Å². The van der Waals surface area contributed by atoms with Crippen LogP contribution in [0.5, 0.6) is 0 Å². The topological polar surface area (TPSA) is 9.23 Å². The van der Waals surface area contributed by atoms with Crippen molar-refractivity contribution in [2.45, 2.75) is 0 Å². The molecule has 1 nitrogen and oxygen atoms in total. The second kappa shape index (κ2) is 15.8. The van der Waals surface area contributed by atoms with Gasteiger partial charge in [-0.05, 0) is 0 Å². The Labute approximate surface area is 93.6 Å². The third-order valence-electron chi connectivity index (χ3n) is 0. The van der Waals surface area contributed by atoms with Gasteiger partial charge in [-0.2, -0.15) is 3.84 Å². The fourth-order valence-electron chi connectivity index (χ4n) is 0. The van der Waals surface area contributed by atoms with Crippen molar-refractivity contribution in [3.8, 4) is 0 Å². The third-order valence-corrected chi connectivity index (χ3v) is 0. The van der Waals surface area contributed by atoms with E-state index in [1.54, 1.807) is 0 Å². The van der Waals surface area contributed by atoms with E-state index >= 15 is 0 Å². The molecule has 0 aromatic carbocycles. The van der Waals surface area contributed by atoms with Gasteiger partial charge in [0.15, 0.2) is 0 Å². The van der Waals surface area contributed by atoms with Crippen molar-refractivity contribution >= 4 is 23.7 Å². The first-order chi connectivity index (χ1) is 1.41. The van der Waals surface area contributed by atoms with E-state index in [2.05, 4.69) is 27.6 Å². The minimum Gasteiger partial charge on any atom is -0.166 e. The van der Waals surface area contributed by atoms with Gasteiger partial charge in [0.2, 0.25) is 0 Å². The van der Waals surface area contributed by atoms with Crippen LogP contribution in [-0.2, 0) is 30.0 Å². The van der Waals surface area contributed by atoms with Crippen molar-refractivity contribution in [2.75, 3.05) is 0 Å². The molecule has 0 amide bonds. The Hall–Kier alpha value is 2.80. The molecule has 5 heavy (non-hydrogen) atoms. The summed E-state index contributed by atoms with van der Waals surface area (Å²) in [4.78, 5) is 0. The van der Waals surface area contributed by atoms with Gasteiger partial charge in [-0.15, -0.1) is 0 Å². The standard InChI is InChI=1S/Ce.Cl2O.Zr/c;1-3-2;. The van der Waals surface area contributed by atoms with Crippen molar-refractivity contribution in [3.05, 3.63) is 0 Å². The van der Waals surface area contributed by atoms with Crippen molar-refractivity contribution < 1.29 is 71.8 Å². The molecule has 28 valence electrons. The molecule has 0 heterocycles. The summed E-state index contributed by atoms with van der Waals surface area (Å²) < 4.78 is 3.19. The average Bonchev–Trinajstić information content (AvgIpc) is 0.918. The van der Waals surface area contributed by atoms with Gasteiger partial charge in [-0.25, -0.2) is 0 Å². The Morgan fingerprint density at radius 1 is 1.20 bits per heavy atom. The number of hydrogen-bond acceptors (Lipinski definition) is 1. The summed E-state index contributed by atoms with van der Waals surface area (Å²) in [5.41, 5.74) is 0. The van der Waals surface area contributed by atoms with Crippen LogP contribution in [0.2, 0.25) is 0 Å². The van der Waals surface area contributed by atoms with Gasteiger partial charge >= 0.3 is 0 Å². The van der Waals surface area contributed by atoms with E-state index in [4.69, 9.17) is 0 Å². The molecule has 0 unspecified atom stereocenters. The molecule has 0 fully saturated rings. The molecule has 0 saturated heterocycles. The van der Waals surface area contributed by atoms with Gasteiger partial charge in [0.1, 0.15) is 0 Å². The molecule has 0 aliphatic heterocycles. The van der Waals surface area contributed by atoms with Crippen molar-refractivity contribution in [1.82, 2.24) is 0 Å². The SMILES string of the molecule is ClOCl.[Ce].[Zr]. The summed E-state index contributed by atoms with van der Waals surface area (Å²) in [5.74, 6) is 0. The van der Waals surface area contributed by atoms with Crippen LogP contribution < -0.4 is 0 Å². The molecule has 0 aliphatic carbocycles.